The summed E-state index contributed by atoms with van der Waals surface area (Å²) in [5.74, 6) is 0. The number of nitrogens with two attached hydrogens (primary N) is 1. The third-order valence-corrected chi connectivity index (χ3v) is 1.98. The number of nitrogens with one attached hydrogen (secondary N) is 1. The standard InChI is InChI=1S/C9H11N3/c1-11-12-6-5-7-3-2-4-8(10)9(7)12/h2-6,11H,10H2,1H3. The van der Waals surface area contributed by atoms with Crippen LogP contribution in [0.4, 0.5) is 5.69 Å². The smallest absolute Gasteiger partial charge is 0.0921 e. The summed E-state index contributed by atoms with van der Waals surface area (Å²) in [6.45, 7) is 0. The Morgan fingerprint density at radius 3 is 2.92 bits per heavy atom. The molecule has 3 heteroatoms. The van der Waals surface area contributed by atoms with E-state index in [9.17, 15) is 0 Å². The molecule has 0 aliphatic heterocycles. The largest absolute Gasteiger partial charge is 0.397 e. The van der Waals surface area contributed by atoms with Crippen molar-refractivity contribution in [1.82, 2.24) is 4.68 Å². The highest BCUT2D eigenvalue weighted by Gasteiger charge is 2.01. The van der Waals surface area contributed by atoms with E-state index in [-0.39, 0.29) is 0 Å². The molecule has 0 saturated carbocycles. The second-order valence-corrected chi connectivity index (χ2v) is 2.69. The fourth-order valence-electron chi connectivity index (χ4n) is 1.41. The average Bonchev–Trinajstić information content (AvgIpc) is 2.49. The number of rotatable bonds is 1. The molecule has 1 heterocycles. The fourth-order valence-corrected chi connectivity index (χ4v) is 1.41. The van der Waals surface area contributed by atoms with Gasteiger partial charge >= 0.3 is 0 Å². The molecule has 3 N–H and O–H groups in total. The first-order valence-electron chi connectivity index (χ1n) is 3.86. The van der Waals surface area contributed by atoms with Gasteiger partial charge in [0.1, 0.15) is 0 Å². The van der Waals surface area contributed by atoms with Gasteiger partial charge < -0.3 is 11.2 Å². The predicted octanol–water partition coefficient (Wildman–Crippen LogP) is 1.40. The molecule has 0 saturated heterocycles. The summed E-state index contributed by atoms with van der Waals surface area (Å²) in [4.78, 5) is 0. The molecular weight excluding hydrogens is 150 g/mol. The minimum absolute atomic E-state index is 0.798. The van der Waals surface area contributed by atoms with Crippen molar-refractivity contribution >= 4 is 16.6 Å². The van der Waals surface area contributed by atoms with Crippen LogP contribution in [0.1, 0.15) is 0 Å². The minimum Gasteiger partial charge on any atom is -0.397 e. The summed E-state index contributed by atoms with van der Waals surface area (Å²) >= 11 is 0. The molecule has 0 aliphatic rings. The Kier molecular flexibility index (Phi) is 1.43. The zero-order valence-corrected chi connectivity index (χ0v) is 6.91. The highest BCUT2D eigenvalue weighted by Crippen LogP contribution is 2.20. The molecule has 0 bridgehead atoms. The van der Waals surface area contributed by atoms with Crippen LogP contribution >= 0.6 is 0 Å². The molecule has 2 aromatic rings. The molecule has 62 valence electrons. The van der Waals surface area contributed by atoms with Crippen molar-refractivity contribution in [2.45, 2.75) is 0 Å². The van der Waals surface area contributed by atoms with E-state index in [2.05, 4.69) is 5.43 Å². The lowest BCUT2D eigenvalue weighted by Gasteiger charge is -2.04. The van der Waals surface area contributed by atoms with E-state index in [0.29, 0.717) is 0 Å². The predicted molar refractivity (Wildman–Crippen MR) is 51.6 cm³/mol. The summed E-state index contributed by atoms with van der Waals surface area (Å²) in [7, 11) is 1.87. The highest BCUT2D eigenvalue weighted by molar-refractivity contribution is 5.90. The summed E-state index contributed by atoms with van der Waals surface area (Å²) < 4.78 is 1.91. The molecule has 1 aromatic carbocycles. The van der Waals surface area contributed by atoms with E-state index in [1.807, 2.05) is 42.2 Å². The maximum absolute atomic E-state index is 5.82. The molecule has 0 atom stereocenters. The van der Waals surface area contributed by atoms with Crippen molar-refractivity contribution in [3.63, 3.8) is 0 Å². The van der Waals surface area contributed by atoms with Crippen LogP contribution in [0.15, 0.2) is 30.5 Å². The Balaban J connectivity index is 2.83. The molecule has 2 rings (SSSR count). The lowest BCUT2D eigenvalue weighted by Crippen LogP contribution is -2.07. The van der Waals surface area contributed by atoms with Gasteiger partial charge in [-0.1, -0.05) is 12.1 Å². The van der Waals surface area contributed by atoms with Crippen LogP contribution in [0.25, 0.3) is 10.9 Å². The second kappa shape index (κ2) is 2.44. The number of hydrogen-bond acceptors (Lipinski definition) is 2. The molecule has 0 amide bonds. The van der Waals surface area contributed by atoms with Gasteiger partial charge in [-0.15, -0.1) is 0 Å². The van der Waals surface area contributed by atoms with Crippen LogP contribution in [-0.2, 0) is 0 Å². The van der Waals surface area contributed by atoms with E-state index in [0.717, 1.165) is 16.6 Å². The molecule has 0 spiro atoms. The van der Waals surface area contributed by atoms with Gasteiger partial charge in [0.25, 0.3) is 0 Å². The van der Waals surface area contributed by atoms with E-state index < -0.39 is 0 Å². The van der Waals surface area contributed by atoms with Crippen LogP contribution < -0.4 is 11.2 Å². The zero-order valence-electron chi connectivity index (χ0n) is 6.91. The topological polar surface area (TPSA) is 43.0 Å². The van der Waals surface area contributed by atoms with Crippen LogP contribution in [0.2, 0.25) is 0 Å². The summed E-state index contributed by atoms with van der Waals surface area (Å²) in [5, 5.41) is 1.16. The first-order chi connectivity index (χ1) is 5.83. The maximum Gasteiger partial charge on any atom is 0.0921 e. The van der Waals surface area contributed by atoms with Crippen molar-refractivity contribution < 1.29 is 0 Å². The number of fused-ring (bicyclic) bond motifs is 1. The van der Waals surface area contributed by atoms with Gasteiger partial charge in [-0.05, 0) is 12.1 Å². The van der Waals surface area contributed by atoms with Gasteiger partial charge in [0.05, 0.1) is 11.2 Å². The molecule has 12 heavy (non-hydrogen) atoms. The Morgan fingerprint density at radius 1 is 1.33 bits per heavy atom. The molecule has 0 radical (unpaired) electrons. The minimum atomic E-state index is 0.798. The first kappa shape index (κ1) is 7.03. The number of para-hydroxylation sites is 1. The summed E-state index contributed by atoms with van der Waals surface area (Å²) in [6, 6.07) is 7.93. The van der Waals surface area contributed by atoms with Gasteiger partial charge in [-0.2, -0.15) is 0 Å². The van der Waals surface area contributed by atoms with E-state index in [1.165, 1.54) is 0 Å². The average molecular weight is 161 g/mol. The van der Waals surface area contributed by atoms with E-state index in [1.54, 1.807) is 0 Å². The highest BCUT2D eigenvalue weighted by atomic mass is 15.4. The van der Waals surface area contributed by atoms with E-state index >= 15 is 0 Å². The molecule has 0 fully saturated rings. The Morgan fingerprint density at radius 2 is 2.17 bits per heavy atom. The number of anilines is 1. The third-order valence-electron chi connectivity index (χ3n) is 1.98. The van der Waals surface area contributed by atoms with Crippen molar-refractivity contribution in [1.29, 1.82) is 0 Å². The Bertz CT molecular complexity index is 403. The number of nitrogens with zero attached hydrogens (tertiary/aromatic N) is 1. The van der Waals surface area contributed by atoms with Crippen LogP contribution in [0.3, 0.4) is 0 Å². The Labute approximate surface area is 70.8 Å². The van der Waals surface area contributed by atoms with Crippen molar-refractivity contribution in [2.24, 2.45) is 0 Å². The van der Waals surface area contributed by atoms with Crippen molar-refractivity contribution in [2.75, 3.05) is 18.2 Å². The van der Waals surface area contributed by atoms with Crippen molar-refractivity contribution in [3.05, 3.63) is 30.5 Å². The second-order valence-electron chi connectivity index (χ2n) is 2.69. The molecule has 0 aliphatic carbocycles. The molecular formula is C9H11N3. The van der Waals surface area contributed by atoms with Crippen LogP contribution in [-0.4, -0.2) is 11.7 Å². The van der Waals surface area contributed by atoms with Gasteiger partial charge in [0, 0.05) is 18.6 Å². The van der Waals surface area contributed by atoms with Gasteiger partial charge in [-0.3, -0.25) is 4.68 Å². The van der Waals surface area contributed by atoms with Crippen LogP contribution in [0, 0.1) is 0 Å². The molecule has 1 aromatic heterocycles. The zero-order chi connectivity index (χ0) is 8.55. The number of aromatic nitrogens is 1. The molecule has 0 unspecified atom stereocenters. The van der Waals surface area contributed by atoms with Crippen molar-refractivity contribution in [3.8, 4) is 0 Å². The third kappa shape index (κ3) is 0.830. The lowest BCUT2D eigenvalue weighted by atomic mass is 10.2. The summed E-state index contributed by atoms with van der Waals surface area (Å²) in [5.41, 5.74) is 10.7. The van der Waals surface area contributed by atoms with E-state index in [4.69, 9.17) is 5.73 Å². The quantitative estimate of drug-likeness (QED) is 0.621. The maximum atomic E-state index is 5.82. The molecule has 3 nitrogen and oxygen atoms in total. The normalized spacial score (nSPS) is 10.4. The van der Waals surface area contributed by atoms with Gasteiger partial charge in [-0.25, -0.2) is 0 Å². The lowest BCUT2D eigenvalue weighted by molar-refractivity contribution is 0.977. The fraction of sp³-hybridized carbons (Fsp3) is 0.111. The van der Waals surface area contributed by atoms with Gasteiger partial charge in [0.2, 0.25) is 0 Å². The van der Waals surface area contributed by atoms with Crippen LogP contribution in [0.5, 0.6) is 0 Å². The van der Waals surface area contributed by atoms with Gasteiger partial charge in [0.15, 0.2) is 0 Å². The number of hydrogen-bond donors (Lipinski definition) is 2. The number of nitrogen functional groups attached to an aromatic ring is 1. The first-order valence-corrected chi connectivity index (χ1v) is 3.86. The SMILES string of the molecule is CNn1ccc2cccc(N)c21. The summed E-state index contributed by atoms with van der Waals surface area (Å²) in [6.07, 6.45) is 1.96. The monoisotopic (exact) mass is 161 g/mol. The number of benzene rings is 1. The Hall–Kier alpha value is -1.64.